The van der Waals surface area contributed by atoms with Crippen molar-refractivity contribution in [1.29, 1.82) is 0 Å². The molecule has 0 aliphatic heterocycles. The highest BCUT2D eigenvalue weighted by Gasteiger charge is 2.24. The molecule has 3 nitrogen and oxygen atoms in total. The molecule has 2 heterocycles. The zero-order chi connectivity index (χ0) is 21.7. The van der Waals surface area contributed by atoms with Crippen molar-refractivity contribution in [2.45, 2.75) is 6.92 Å². The molecule has 0 spiro atoms. The van der Waals surface area contributed by atoms with Gasteiger partial charge in [0, 0.05) is 66.4 Å². The van der Waals surface area contributed by atoms with E-state index in [9.17, 15) is 9.59 Å². The molecular weight excluding hydrogens is 426 g/mol. The maximum Gasteiger partial charge on any atom is 0.195 e. The number of rotatable bonds is 4. The molecule has 0 aliphatic rings. The minimum absolute atomic E-state index is 0.0234. The zero-order valence-corrected chi connectivity index (χ0v) is 18.6. The van der Waals surface area contributed by atoms with E-state index in [0.29, 0.717) is 21.7 Å². The van der Waals surface area contributed by atoms with Crippen LogP contribution in [0.15, 0.2) is 72.9 Å². The molecule has 0 aliphatic carbocycles. The van der Waals surface area contributed by atoms with Gasteiger partial charge < -0.3 is 4.57 Å². The molecular formula is C26H18ClNO2S. The highest BCUT2D eigenvalue weighted by molar-refractivity contribution is 7.23. The fourth-order valence-electron chi connectivity index (χ4n) is 4.00. The summed E-state index contributed by atoms with van der Waals surface area (Å²) in [5.41, 5.74) is 3.91. The fourth-order valence-corrected chi connectivity index (χ4v) is 5.33. The summed E-state index contributed by atoms with van der Waals surface area (Å²) in [7, 11) is 2.01. The van der Waals surface area contributed by atoms with Gasteiger partial charge in [-0.1, -0.05) is 29.8 Å². The smallest absolute Gasteiger partial charge is 0.195 e. The average molecular weight is 444 g/mol. The first kappa shape index (κ1) is 19.7. The molecule has 3 aromatic carbocycles. The predicted molar refractivity (Wildman–Crippen MR) is 129 cm³/mol. The Morgan fingerprint density at radius 2 is 1.61 bits per heavy atom. The van der Waals surface area contributed by atoms with Gasteiger partial charge in [-0.3, -0.25) is 9.59 Å². The standard InChI is InChI=1S/C26H18ClNO2S/c1-15(29)17-9-12-23-20(13-17)24(25(30)16-7-10-18(27)11-8-16)26(31-23)21-14-28(2)22-6-4-3-5-19(21)22/h3-14H,1-2H3. The Morgan fingerprint density at radius 3 is 2.35 bits per heavy atom. The second-order valence-corrected chi connectivity index (χ2v) is 9.07. The molecule has 0 saturated carbocycles. The van der Waals surface area contributed by atoms with Crippen LogP contribution >= 0.6 is 22.9 Å². The Morgan fingerprint density at radius 1 is 0.903 bits per heavy atom. The van der Waals surface area contributed by atoms with E-state index in [4.69, 9.17) is 11.6 Å². The van der Waals surface area contributed by atoms with Crippen molar-refractivity contribution in [2.24, 2.45) is 7.05 Å². The predicted octanol–water partition coefficient (Wildman–Crippen LogP) is 7.15. The number of ketones is 2. The number of thiophene rings is 1. The van der Waals surface area contributed by atoms with Gasteiger partial charge in [-0.05, 0) is 55.5 Å². The zero-order valence-electron chi connectivity index (χ0n) is 17.0. The summed E-state index contributed by atoms with van der Waals surface area (Å²) in [6, 6.07) is 20.7. The van der Waals surface area contributed by atoms with Crippen molar-refractivity contribution in [1.82, 2.24) is 4.57 Å². The number of nitrogens with zero attached hydrogens (tertiary/aromatic N) is 1. The lowest BCUT2D eigenvalue weighted by molar-refractivity contribution is 0.101. The molecule has 0 atom stereocenters. The van der Waals surface area contributed by atoms with Gasteiger partial charge in [-0.25, -0.2) is 0 Å². The molecule has 5 aromatic rings. The maximum atomic E-state index is 13.7. The number of halogens is 1. The Balaban J connectivity index is 1.84. The quantitative estimate of drug-likeness (QED) is 0.277. The van der Waals surface area contributed by atoms with Crippen LogP contribution in [0.3, 0.4) is 0 Å². The van der Waals surface area contributed by atoms with Gasteiger partial charge >= 0.3 is 0 Å². The normalized spacial score (nSPS) is 11.3. The third-order valence-electron chi connectivity index (χ3n) is 5.57. The van der Waals surface area contributed by atoms with Crippen molar-refractivity contribution in [3.05, 3.63) is 94.6 Å². The molecule has 5 heteroatoms. The van der Waals surface area contributed by atoms with Crippen molar-refractivity contribution >= 4 is 55.5 Å². The van der Waals surface area contributed by atoms with Crippen LogP contribution in [0.2, 0.25) is 5.02 Å². The van der Waals surface area contributed by atoms with E-state index in [1.54, 1.807) is 42.5 Å². The minimum Gasteiger partial charge on any atom is -0.350 e. The number of para-hydroxylation sites is 1. The van der Waals surface area contributed by atoms with E-state index >= 15 is 0 Å². The largest absolute Gasteiger partial charge is 0.350 e. The van der Waals surface area contributed by atoms with Crippen LogP contribution in [0, 0.1) is 0 Å². The summed E-state index contributed by atoms with van der Waals surface area (Å²) >= 11 is 7.62. The lowest BCUT2D eigenvalue weighted by Gasteiger charge is -2.05. The Labute approximate surface area is 188 Å². The Bertz CT molecular complexity index is 1490. The van der Waals surface area contributed by atoms with E-state index in [1.807, 2.05) is 37.4 Å². The van der Waals surface area contributed by atoms with Crippen molar-refractivity contribution in [3.8, 4) is 10.4 Å². The molecule has 5 rings (SSSR count). The molecule has 0 unspecified atom stereocenters. The number of carbonyl (C=O) groups is 2. The summed E-state index contributed by atoms with van der Waals surface area (Å²) in [5.74, 6) is -0.101. The summed E-state index contributed by atoms with van der Waals surface area (Å²) in [5, 5.41) is 2.48. The minimum atomic E-state index is -0.0773. The molecule has 0 N–H and O–H groups in total. The van der Waals surface area contributed by atoms with Crippen LogP contribution in [0.1, 0.15) is 33.2 Å². The third kappa shape index (κ3) is 3.29. The van der Waals surface area contributed by atoms with E-state index in [1.165, 1.54) is 0 Å². The highest BCUT2D eigenvalue weighted by Crippen LogP contribution is 2.43. The van der Waals surface area contributed by atoms with Gasteiger partial charge in [0.2, 0.25) is 0 Å². The molecule has 0 saturated heterocycles. The number of benzene rings is 3. The molecule has 2 aromatic heterocycles. The van der Waals surface area contributed by atoms with Gasteiger partial charge in [-0.15, -0.1) is 11.3 Å². The third-order valence-corrected chi connectivity index (χ3v) is 7.03. The second kappa shape index (κ2) is 7.49. The van der Waals surface area contributed by atoms with Gasteiger partial charge in [-0.2, -0.15) is 0 Å². The van der Waals surface area contributed by atoms with Crippen molar-refractivity contribution in [3.63, 3.8) is 0 Å². The first-order chi connectivity index (χ1) is 14.9. The van der Waals surface area contributed by atoms with Crippen LogP contribution in [-0.4, -0.2) is 16.1 Å². The maximum absolute atomic E-state index is 13.7. The first-order valence-corrected chi connectivity index (χ1v) is 11.1. The fraction of sp³-hybridized carbons (Fsp3) is 0.0769. The molecule has 31 heavy (non-hydrogen) atoms. The molecule has 0 radical (unpaired) electrons. The molecule has 0 bridgehead atoms. The van der Waals surface area contributed by atoms with E-state index in [2.05, 4.69) is 22.9 Å². The van der Waals surface area contributed by atoms with Crippen LogP contribution in [-0.2, 0) is 7.05 Å². The number of fused-ring (bicyclic) bond motifs is 2. The average Bonchev–Trinajstić information content (AvgIpc) is 3.31. The van der Waals surface area contributed by atoms with Crippen LogP contribution in [0.4, 0.5) is 0 Å². The number of aryl methyl sites for hydroxylation is 1. The molecule has 0 fully saturated rings. The van der Waals surface area contributed by atoms with E-state index in [-0.39, 0.29) is 11.6 Å². The number of aromatic nitrogens is 1. The van der Waals surface area contributed by atoms with Crippen LogP contribution in [0.25, 0.3) is 31.4 Å². The van der Waals surface area contributed by atoms with E-state index < -0.39 is 0 Å². The summed E-state index contributed by atoms with van der Waals surface area (Å²) in [4.78, 5) is 26.7. The topological polar surface area (TPSA) is 39.1 Å². The lowest BCUT2D eigenvalue weighted by Crippen LogP contribution is -2.02. The highest BCUT2D eigenvalue weighted by atomic mass is 35.5. The molecule has 152 valence electrons. The van der Waals surface area contributed by atoms with Crippen LogP contribution < -0.4 is 0 Å². The number of carbonyl (C=O) groups excluding carboxylic acids is 2. The van der Waals surface area contributed by atoms with Gasteiger partial charge in [0.25, 0.3) is 0 Å². The first-order valence-electron chi connectivity index (χ1n) is 9.86. The van der Waals surface area contributed by atoms with Gasteiger partial charge in [0.1, 0.15) is 0 Å². The van der Waals surface area contributed by atoms with Crippen molar-refractivity contribution in [2.75, 3.05) is 0 Å². The Kier molecular flexibility index (Phi) is 4.77. The monoisotopic (exact) mass is 443 g/mol. The SMILES string of the molecule is CC(=O)c1ccc2sc(-c3cn(C)c4ccccc34)c(C(=O)c3ccc(Cl)cc3)c2c1. The van der Waals surface area contributed by atoms with Crippen LogP contribution in [0.5, 0.6) is 0 Å². The molecule has 0 amide bonds. The number of Topliss-reactive ketones (excluding diaryl/α,β-unsaturated/α-hetero) is 1. The summed E-state index contributed by atoms with van der Waals surface area (Å²) in [6.07, 6.45) is 2.07. The Hall–Kier alpha value is -3.21. The lowest BCUT2D eigenvalue weighted by atomic mass is 9.96. The summed E-state index contributed by atoms with van der Waals surface area (Å²) < 4.78 is 3.05. The second-order valence-electron chi connectivity index (χ2n) is 7.58. The van der Waals surface area contributed by atoms with Crippen molar-refractivity contribution < 1.29 is 9.59 Å². The number of hydrogen-bond donors (Lipinski definition) is 0. The van der Waals surface area contributed by atoms with Gasteiger partial charge in [0.05, 0.1) is 0 Å². The van der Waals surface area contributed by atoms with E-state index in [0.717, 1.165) is 31.4 Å². The van der Waals surface area contributed by atoms with Gasteiger partial charge in [0.15, 0.2) is 11.6 Å². The number of hydrogen-bond acceptors (Lipinski definition) is 3. The summed E-state index contributed by atoms with van der Waals surface area (Å²) in [6.45, 7) is 1.54.